The monoisotopic (exact) mass is 354 g/mol. The van der Waals surface area contributed by atoms with Gasteiger partial charge >= 0.3 is 0 Å². The molecule has 1 aromatic heterocycles. The Morgan fingerprint density at radius 3 is 2.38 bits per heavy atom. The number of carbonyl (C=O) groups is 2. The lowest BCUT2D eigenvalue weighted by Gasteiger charge is -2.33. The van der Waals surface area contributed by atoms with Crippen molar-refractivity contribution in [3.8, 4) is 0 Å². The van der Waals surface area contributed by atoms with Crippen LogP contribution in [0.15, 0.2) is 36.7 Å². The minimum atomic E-state index is -0.317. The molecule has 8 heteroatoms. The van der Waals surface area contributed by atoms with Gasteiger partial charge in [0.05, 0.1) is 0 Å². The van der Waals surface area contributed by atoms with Crippen LogP contribution < -0.4 is 15.5 Å². The van der Waals surface area contributed by atoms with Gasteiger partial charge in [0, 0.05) is 50.5 Å². The molecule has 136 valence electrons. The summed E-state index contributed by atoms with van der Waals surface area (Å²) in [6.45, 7) is 5.09. The molecule has 0 aliphatic carbocycles. The van der Waals surface area contributed by atoms with Crippen molar-refractivity contribution in [3.63, 3.8) is 0 Å². The smallest absolute Gasteiger partial charge is 0.274 e. The molecule has 8 nitrogen and oxygen atoms in total. The van der Waals surface area contributed by atoms with E-state index in [9.17, 15) is 9.59 Å². The van der Waals surface area contributed by atoms with Gasteiger partial charge < -0.3 is 20.4 Å². The topological polar surface area (TPSA) is 90.5 Å². The van der Waals surface area contributed by atoms with E-state index in [0.29, 0.717) is 17.1 Å². The van der Waals surface area contributed by atoms with Gasteiger partial charge in [-0.1, -0.05) is 6.07 Å². The van der Waals surface area contributed by atoms with Crippen LogP contribution >= 0.6 is 0 Å². The Morgan fingerprint density at radius 2 is 1.69 bits per heavy atom. The van der Waals surface area contributed by atoms with Crippen LogP contribution in [-0.2, 0) is 4.79 Å². The Balaban J connectivity index is 1.70. The summed E-state index contributed by atoms with van der Waals surface area (Å²) in [7, 11) is 2.09. The Bertz CT molecular complexity index is 802. The van der Waals surface area contributed by atoms with Crippen molar-refractivity contribution in [2.45, 2.75) is 6.92 Å². The van der Waals surface area contributed by atoms with Crippen molar-refractivity contribution in [2.24, 2.45) is 0 Å². The first-order valence-electron chi connectivity index (χ1n) is 8.46. The van der Waals surface area contributed by atoms with E-state index in [1.165, 1.54) is 13.3 Å². The molecule has 2 amide bonds. The van der Waals surface area contributed by atoms with Crippen LogP contribution in [-0.4, -0.2) is 59.9 Å². The number of benzene rings is 1. The molecule has 2 aromatic rings. The first kappa shape index (κ1) is 17.8. The summed E-state index contributed by atoms with van der Waals surface area (Å²) in [5, 5.41) is 5.49. The Morgan fingerprint density at radius 1 is 1.00 bits per heavy atom. The molecule has 0 unspecified atom stereocenters. The minimum absolute atomic E-state index is 0.166. The molecule has 2 N–H and O–H groups in total. The molecule has 1 aliphatic heterocycles. The number of rotatable bonds is 4. The number of nitrogens with one attached hydrogen (secondary N) is 2. The number of amides is 2. The number of nitrogens with zero attached hydrogens (tertiary/aromatic N) is 4. The first-order chi connectivity index (χ1) is 12.5. The molecule has 0 radical (unpaired) electrons. The molecule has 0 saturated carbocycles. The molecule has 0 atom stereocenters. The first-order valence-corrected chi connectivity index (χ1v) is 8.46. The maximum absolute atomic E-state index is 12.5. The number of carbonyl (C=O) groups excluding carboxylic acids is 2. The van der Waals surface area contributed by atoms with E-state index in [-0.39, 0.29) is 11.8 Å². The number of anilines is 3. The summed E-state index contributed by atoms with van der Waals surface area (Å²) >= 11 is 0. The quantitative estimate of drug-likeness (QED) is 0.863. The van der Waals surface area contributed by atoms with Crippen molar-refractivity contribution in [1.29, 1.82) is 0 Å². The Kier molecular flexibility index (Phi) is 5.43. The second-order valence-electron chi connectivity index (χ2n) is 6.27. The standard InChI is InChI=1S/C18H22N6O2/c1-13(25)21-14-4-3-5-15(10-14)22-18(26)16-11-17(20-12-19-16)24-8-6-23(2)7-9-24/h3-5,10-12H,6-9H2,1-2H3,(H,21,25)(H,22,26). The zero-order valence-electron chi connectivity index (χ0n) is 14.9. The van der Waals surface area contributed by atoms with Crippen molar-refractivity contribution in [2.75, 3.05) is 48.8 Å². The predicted molar refractivity (Wildman–Crippen MR) is 100 cm³/mol. The van der Waals surface area contributed by atoms with Gasteiger partial charge in [-0.15, -0.1) is 0 Å². The van der Waals surface area contributed by atoms with E-state index < -0.39 is 0 Å². The fourth-order valence-electron chi connectivity index (χ4n) is 2.75. The van der Waals surface area contributed by atoms with E-state index >= 15 is 0 Å². The predicted octanol–water partition coefficient (Wildman–Crippen LogP) is 1.44. The number of aromatic nitrogens is 2. The lowest BCUT2D eigenvalue weighted by molar-refractivity contribution is -0.114. The molecule has 2 heterocycles. The van der Waals surface area contributed by atoms with Crippen molar-refractivity contribution >= 4 is 29.0 Å². The molecular formula is C18H22N6O2. The number of likely N-dealkylation sites (N-methyl/N-ethyl adjacent to an activating group) is 1. The van der Waals surface area contributed by atoms with Crippen molar-refractivity contribution in [3.05, 3.63) is 42.4 Å². The summed E-state index contributed by atoms with van der Waals surface area (Å²) in [5.74, 6) is 0.272. The normalized spacial score (nSPS) is 14.8. The zero-order valence-corrected chi connectivity index (χ0v) is 14.9. The molecule has 26 heavy (non-hydrogen) atoms. The van der Waals surface area contributed by atoms with Crippen LogP contribution in [0.25, 0.3) is 0 Å². The SMILES string of the molecule is CC(=O)Nc1cccc(NC(=O)c2cc(N3CCN(C)CC3)ncn2)c1. The van der Waals surface area contributed by atoms with Gasteiger partial charge in [-0.2, -0.15) is 0 Å². The third-order valence-electron chi connectivity index (χ3n) is 4.15. The fourth-order valence-corrected chi connectivity index (χ4v) is 2.75. The van der Waals surface area contributed by atoms with Gasteiger partial charge in [-0.25, -0.2) is 9.97 Å². The van der Waals surface area contributed by atoms with Crippen molar-refractivity contribution < 1.29 is 9.59 Å². The largest absolute Gasteiger partial charge is 0.354 e. The second-order valence-corrected chi connectivity index (χ2v) is 6.27. The van der Waals surface area contributed by atoms with E-state index in [4.69, 9.17) is 0 Å². The minimum Gasteiger partial charge on any atom is -0.354 e. The molecule has 1 aromatic carbocycles. The molecule has 1 saturated heterocycles. The second kappa shape index (κ2) is 7.92. The Labute approximate surface area is 152 Å². The lowest BCUT2D eigenvalue weighted by atomic mass is 10.2. The van der Waals surface area contributed by atoms with Gasteiger partial charge in [0.2, 0.25) is 5.91 Å². The molecule has 1 fully saturated rings. The van der Waals surface area contributed by atoms with Crippen molar-refractivity contribution in [1.82, 2.24) is 14.9 Å². The van der Waals surface area contributed by atoms with Crippen LogP contribution in [0.5, 0.6) is 0 Å². The summed E-state index contributed by atoms with van der Waals surface area (Å²) in [4.78, 5) is 36.5. The molecule has 0 bridgehead atoms. The highest BCUT2D eigenvalue weighted by Crippen LogP contribution is 2.17. The van der Waals surface area contributed by atoms with Gasteiger partial charge in [0.15, 0.2) is 0 Å². The van der Waals surface area contributed by atoms with Crippen LogP contribution in [0.3, 0.4) is 0 Å². The van der Waals surface area contributed by atoms with Gasteiger partial charge in [-0.05, 0) is 25.2 Å². The van der Waals surface area contributed by atoms with Crippen LogP contribution in [0.4, 0.5) is 17.2 Å². The third kappa shape index (κ3) is 4.54. The highest BCUT2D eigenvalue weighted by molar-refractivity contribution is 6.03. The summed E-state index contributed by atoms with van der Waals surface area (Å²) in [6.07, 6.45) is 1.41. The average Bonchev–Trinajstić information content (AvgIpc) is 2.62. The third-order valence-corrected chi connectivity index (χ3v) is 4.15. The van der Waals surface area contributed by atoms with E-state index in [2.05, 4.69) is 37.4 Å². The van der Waals surface area contributed by atoms with E-state index in [1.54, 1.807) is 30.3 Å². The van der Waals surface area contributed by atoms with Gasteiger partial charge in [0.1, 0.15) is 17.8 Å². The zero-order chi connectivity index (χ0) is 18.5. The fraction of sp³-hybridized carbons (Fsp3) is 0.333. The Hall–Kier alpha value is -3.00. The van der Waals surface area contributed by atoms with E-state index in [1.807, 2.05) is 0 Å². The summed E-state index contributed by atoms with van der Waals surface area (Å²) in [5.41, 5.74) is 1.51. The highest BCUT2D eigenvalue weighted by atomic mass is 16.2. The van der Waals surface area contributed by atoms with Crippen LogP contribution in [0, 0.1) is 0 Å². The highest BCUT2D eigenvalue weighted by Gasteiger charge is 2.17. The maximum Gasteiger partial charge on any atom is 0.274 e. The van der Waals surface area contributed by atoms with Crippen LogP contribution in [0.2, 0.25) is 0 Å². The molecule has 0 spiro atoms. The van der Waals surface area contributed by atoms with Gasteiger partial charge in [0.25, 0.3) is 5.91 Å². The van der Waals surface area contributed by atoms with Crippen LogP contribution in [0.1, 0.15) is 17.4 Å². The summed E-state index contributed by atoms with van der Waals surface area (Å²) in [6, 6.07) is 8.68. The maximum atomic E-state index is 12.5. The molecule has 1 aliphatic rings. The molecule has 3 rings (SSSR count). The summed E-state index contributed by atoms with van der Waals surface area (Å²) < 4.78 is 0. The number of hydrogen-bond acceptors (Lipinski definition) is 6. The van der Waals surface area contributed by atoms with Gasteiger partial charge in [-0.3, -0.25) is 9.59 Å². The van der Waals surface area contributed by atoms with E-state index in [0.717, 1.165) is 32.0 Å². The lowest BCUT2D eigenvalue weighted by Crippen LogP contribution is -2.44. The number of hydrogen-bond donors (Lipinski definition) is 2. The number of piperazine rings is 1. The average molecular weight is 354 g/mol. The molecular weight excluding hydrogens is 332 g/mol.